The minimum Gasteiger partial charge on any atom is -0.478 e. The number of aromatic carboxylic acids is 2. The van der Waals surface area contributed by atoms with Crippen LogP contribution in [0.25, 0.3) is 0 Å². The standard InChI is InChI=1S/C8H6O4.CHNO/c9-7(10)5-3-1-2-4-6(5)8(11)12;2-1-3/h1-4H,(H,9,10)(H,11,12);3H. The molecule has 0 aliphatic heterocycles. The maximum absolute atomic E-state index is 10.5. The van der Waals surface area contributed by atoms with E-state index in [9.17, 15) is 9.59 Å². The predicted octanol–water partition coefficient (Wildman–Crippen LogP) is 0.923. The van der Waals surface area contributed by atoms with Crippen molar-refractivity contribution in [3.8, 4) is 6.26 Å². The van der Waals surface area contributed by atoms with E-state index >= 15 is 0 Å². The molecule has 0 aliphatic carbocycles. The zero-order valence-electron chi connectivity index (χ0n) is 7.41. The van der Waals surface area contributed by atoms with Crippen LogP contribution in [0.5, 0.6) is 0 Å². The second-order valence-electron chi connectivity index (χ2n) is 2.26. The lowest BCUT2D eigenvalue weighted by Gasteiger charge is -1.98. The smallest absolute Gasteiger partial charge is 0.336 e. The molecule has 0 radical (unpaired) electrons. The van der Waals surface area contributed by atoms with Gasteiger partial charge in [0.2, 0.25) is 0 Å². The lowest BCUT2D eigenvalue weighted by atomic mass is 10.1. The van der Waals surface area contributed by atoms with Crippen LogP contribution in [-0.4, -0.2) is 27.3 Å². The summed E-state index contributed by atoms with van der Waals surface area (Å²) in [5, 5.41) is 30.9. The summed E-state index contributed by atoms with van der Waals surface area (Å²) in [6.07, 6.45) is 0.750. The third-order valence-corrected chi connectivity index (χ3v) is 1.39. The second kappa shape index (κ2) is 5.99. The monoisotopic (exact) mass is 209 g/mol. The third kappa shape index (κ3) is 3.78. The molecule has 0 bridgehead atoms. The Hall–Kier alpha value is -2.55. The summed E-state index contributed by atoms with van der Waals surface area (Å²) < 4.78 is 0. The molecule has 0 fully saturated rings. The van der Waals surface area contributed by atoms with Gasteiger partial charge in [-0.05, 0) is 12.1 Å². The molecule has 0 saturated carbocycles. The third-order valence-electron chi connectivity index (χ3n) is 1.39. The number of rotatable bonds is 2. The van der Waals surface area contributed by atoms with Crippen molar-refractivity contribution in [2.45, 2.75) is 0 Å². The van der Waals surface area contributed by atoms with E-state index in [1.54, 1.807) is 0 Å². The molecule has 0 spiro atoms. The largest absolute Gasteiger partial charge is 0.478 e. The first-order valence-corrected chi connectivity index (χ1v) is 3.63. The quantitative estimate of drug-likeness (QED) is 0.623. The van der Waals surface area contributed by atoms with E-state index in [1.165, 1.54) is 24.3 Å². The molecular weight excluding hydrogens is 202 g/mol. The minimum absolute atomic E-state index is 0.190. The Morgan fingerprint density at radius 3 is 1.53 bits per heavy atom. The van der Waals surface area contributed by atoms with Gasteiger partial charge in [-0.1, -0.05) is 12.1 Å². The van der Waals surface area contributed by atoms with Gasteiger partial charge in [0.05, 0.1) is 11.1 Å². The Balaban J connectivity index is 0.000000583. The SMILES string of the molecule is N#CO.O=C(O)c1ccccc1C(=O)O. The van der Waals surface area contributed by atoms with E-state index in [2.05, 4.69) is 0 Å². The van der Waals surface area contributed by atoms with Crippen molar-refractivity contribution in [1.29, 1.82) is 5.26 Å². The van der Waals surface area contributed by atoms with Crippen LogP contribution < -0.4 is 0 Å². The zero-order chi connectivity index (χ0) is 11.8. The fraction of sp³-hybridized carbons (Fsp3) is 0. The molecule has 0 atom stereocenters. The van der Waals surface area contributed by atoms with Crippen LogP contribution in [0.3, 0.4) is 0 Å². The molecule has 6 heteroatoms. The first-order valence-electron chi connectivity index (χ1n) is 3.63. The molecule has 0 unspecified atom stereocenters. The number of hydrogen-bond donors (Lipinski definition) is 3. The fourth-order valence-electron chi connectivity index (χ4n) is 0.856. The molecule has 1 aromatic rings. The lowest BCUT2D eigenvalue weighted by molar-refractivity contribution is 0.0651. The van der Waals surface area contributed by atoms with Crippen LogP contribution in [0.4, 0.5) is 0 Å². The summed E-state index contributed by atoms with van der Waals surface area (Å²) in [7, 11) is 0. The van der Waals surface area contributed by atoms with Gasteiger partial charge in [-0.25, -0.2) is 9.59 Å². The number of aliphatic hydroxyl groups is 1. The molecule has 0 aromatic heterocycles. The van der Waals surface area contributed by atoms with E-state index in [0.717, 1.165) is 6.26 Å². The molecule has 1 aromatic carbocycles. The highest BCUT2D eigenvalue weighted by atomic mass is 16.4. The van der Waals surface area contributed by atoms with Gasteiger partial charge >= 0.3 is 11.9 Å². The van der Waals surface area contributed by atoms with Gasteiger partial charge in [0.1, 0.15) is 0 Å². The number of benzene rings is 1. The highest BCUT2D eigenvalue weighted by Gasteiger charge is 2.13. The summed E-state index contributed by atoms with van der Waals surface area (Å²) in [6.45, 7) is 0. The second-order valence-corrected chi connectivity index (χ2v) is 2.26. The van der Waals surface area contributed by atoms with E-state index in [-0.39, 0.29) is 11.1 Å². The van der Waals surface area contributed by atoms with E-state index < -0.39 is 11.9 Å². The topological polar surface area (TPSA) is 119 Å². The average Bonchev–Trinajstić information content (AvgIpc) is 2.19. The van der Waals surface area contributed by atoms with Gasteiger partial charge in [0.25, 0.3) is 6.26 Å². The number of carboxylic acids is 2. The van der Waals surface area contributed by atoms with Crippen molar-refractivity contribution in [2.24, 2.45) is 0 Å². The van der Waals surface area contributed by atoms with Gasteiger partial charge in [-0.3, -0.25) is 0 Å². The van der Waals surface area contributed by atoms with Crippen LogP contribution in [-0.2, 0) is 0 Å². The molecule has 6 nitrogen and oxygen atoms in total. The van der Waals surface area contributed by atoms with Crippen LogP contribution in [0, 0.1) is 11.5 Å². The number of hydrogen-bond acceptors (Lipinski definition) is 4. The molecule has 15 heavy (non-hydrogen) atoms. The molecule has 0 saturated heterocycles. The number of carboxylic acid groups (broad SMARTS) is 2. The number of carbonyl (C=O) groups is 2. The first-order chi connectivity index (χ1) is 7.04. The Bertz CT molecular complexity index is 374. The number of nitrogens with zero attached hydrogens (tertiary/aromatic N) is 1. The van der Waals surface area contributed by atoms with Crippen molar-refractivity contribution >= 4 is 11.9 Å². The van der Waals surface area contributed by atoms with Crippen molar-refractivity contribution in [2.75, 3.05) is 0 Å². The fourth-order valence-corrected chi connectivity index (χ4v) is 0.856. The maximum Gasteiger partial charge on any atom is 0.336 e. The Morgan fingerprint density at radius 2 is 1.33 bits per heavy atom. The lowest BCUT2D eigenvalue weighted by Crippen LogP contribution is -2.06. The van der Waals surface area contributed by atoms with Crippen LogP contribution >= 0.6 is 0 Å². The Kier molecular flexibility index (Phi) is 4.97. The number of aliphatic hydroxyl groups excluding tert-OH is 1. The molecule has 0 aliphatic rings. The van der Waals surface area contributed by atoms with E-state index in [0.29, 0.717) is 0 Å². The molecule has 1 rings (SSSR count). The average molecular weight is 209 g/mol. The van der Waals surface area contributed by atoms with Gasteiger partial charge in [-0.15, -0.1) is 0 Å². The van der Waals surface area contributed by atoms with Gasteiger partial charge < -0.3 is 15.3 Å². The van der Waals surface area contributed by atoms with E-state index in [1.807, 2.05) is 0 Å². The van der Waals surface area contributed by atoms with Crippen molar-refractivity contribution in [3.05, 3.63) is 35.4 Å². The normalized spacial score (nSPS) is 7.93. The summed E-state index contributed by atoms with van der Waals surface area (Å²) in [5.74, 6) is -2.46. The highest BCUT2D eigenvalue weighted by molar-refractivity contribution is 6.01. The highest BCUT2D eigenvalue weighted by Crippen LogP contribution is 2.07. The number of nitriles is 1. The summed E-state index contributed by atoms with van der Waals surface area (Å²) in [4.78, 5) is 20.9. The molecular formula is C9H7NO5. The van der Waals surface area contributed by atoms with Crippen molar-refractivity contribution in [1.82, 2.24) is 0 Å². The van der Waals surface area contributed by atoms with Crippen molar-refractivity contribution in [3.63, 3.8) is 0 Å². The van der Waals surface area contributed by atoms with Crippen LogP contribution in [0.2, 0.25) is 0 Å². The predicted molar refractivity (Wildman–Crippen MR) is 47.9 cm³/mol. The van der Waals surface area contributed by atoms with E-state index in [4.69, 9.17) is 20.6 Å². The first kappa shape index (κ1) is 12.4. The summed E-state index contributed by atoms with van der Waals surface area (Å²) >= 11 is 0. The Morgan fingerprint density at radius 1 is 1.07 bits per heavy atom. The summed E-state index contributed by atoms with van der Waals surface area (Å²) in [6, 6.07) is 5.48. The van der Waals surface area contributed by atoms with Gasteiger partial charge in [-0.2, -0.15) is 5.26 Å². The molecule has 0 heterocycles. The minimum atomic E-state index is -1.23. The molecule has 78 valence electrons. The van der Waals surface area contributed by atoms with Crippen LogP contribution in [0.15, 0.2) is 24.3 Å². The molecule has 0 amide bonds. The van der Waals surface area contributed by atoms with Gasteiger partial charge in [0.15, 0.2) is 0 Å². The molecule has 3 N–H and O–H groups in total. The summed E-state index contributed by atoms with van der Waals surface area (Å²) in [5.41, 5.74) is -0.380. The Labute approximate surface area is 84.6 Å². The zero-order valence-corrected chi connectivity index (χ0v) is 7.41. The maximum atomic E-state index is 10.5. The van der Waals surface area contributed by atoms with Crippen LogP contribution in [0.1, 0.15) is 20.7 Å². The van der Waals surface area contributed by atoms with Gasteiger partial charge in [0, 0.05) is 0 Å². The van der Waals surface area contributed by atoms with Crippen molar-refractivity contribution < 1.29 is 24.9 Å².